The number of aryl methyl sites for hydroxylation is 1. The Bertz CT molecular complexity index is 845. The van der Waals surface area contributed by atoms with E-state index in [1.807, 2.05) is 11.3 Å². The smallest absolute Gasteiger partial charge is 0.197 e. The highest BCUT2D eigenvalue weighted by Crippen LogP contribution is 2.67. The predicted octanol–water partition coefficient (Wildman–Crippen LogP) is 5.80. The molecule has 0 spiro atoms. The van der Waals surface area contributed by atoms with Crippen LogP contribution in [0.25, 0.3) is 0 Å². The van der Waals surface area contributed by atoms with Gasteiger partial charge in [0.1, 0.15) is 5.78 Å². The van der Waals surface area contributed by atoms with Gasteiger partial charge in [-0.2, -0.15) is 0 Å². The van der Waals surface area contributed by atoms with Crippen LogP contribution in [-0.2, 0) is 11.2 Å². The lowest BCUT2D eigenvalue weighted by Crippen LogP contribution is -2.52. The average molecular weight is 428 g/mol. The number of fused-ring (bicyclic) bond motifs is 7. The van der Waals surface area contributed by atoms with Gasteiger partial charge in [0.25, 0.3) is 0 Å². The van der Waals surface area contributed by atoms with Crippen LogP contribution >= 0.6 is 11.3 Å². The van der Waals surface area contributed by atoms with Gasteiger partial charge in [-0.3, -0.25) is 10.2 Å². The molecule has 1 unspecified atom stereocenters. The van der Waals surface area contributed by atoms with E-state index in [2.05, 4.69) is 24.3 Å². The molecule has 0 aromatic carbocycles. The van der Waals surface area contributed by atoms with Crippen LogP contribution in [0.2, 0.25) is 0 Å². The molecule has 5 aliphatic rings. The van der Waals surface area contributed by atoms with Crippen molar-refractivity contribution in [2.45, 2.75) is 90.4 Å². The van der Waals surface area contributed by atoms with Gasteiger partial charge in [0.05, 0.1) is 5.69 Å². The standard InChI is InChI=1S/C25H37N3OS/c1-24-13-11-20-22(30-23(26-20)27-28-14-4-3-5-15-28)19(24)7-6-16-17-8-9-21(29)25(17,2)12-10-18(16)24/h16-19H,3-15H2,1-2H3,(H,26,27)/t16-,17-,18-,19?,24+,25-/m0/s1. The van der Waals surface area contributed by atoms with Gasteiger partial charge in [0.15, 0.2) is 5.13 Å². The highest BCUT2D eigenvalue weighted by molar-refractivity contribution is 7.15. The van der Waals surface area contributed by atoms with Crippen molar-refractivity contribution in [3.05, 3.63) is 10.6 Å². The van der Waals surface area contributed by atoms with Crippen molar-refractivity contribution in [2.75, 3.05) is 18.5 Å². The molecular weight excluding hydrogens is 390 g/mol. The molecule has 6 rings (SSSR count). The van der Waals surface area contributed by atoms with E-state index >= 15 is 0 Å². The minimum atomic E-state index is 0.000209. The Kier molecular flexibility index (Phi) is 4.62. The van der Waals surface area contributed by atoms with Crippen LogP contribution in [0.4, 0.5) is 5.13 Å². The zero-order chi connectivity index (χ0) is 20.5. The Hall–Kier alpha value is -0.940. The van der Waals surface area contributed by atoms with Crippen molar-refractivity contribution >= 4 is 22.3 Å². The number of hydrazine groups is 1. The molecular formula is C25H37N3OS. The third-order valence-electron chi connectivity index (χ3n) is 10.1. The maximum atomic E-state index is 12.7. The minimum absolute atomic E-state index is 0.000209. The summed E-state index contributed by atoms with van der Waals surface area (Å²) in [5, 5.41) is 3.51. The SMILES string of the molecule is C[C@]12CCc3nc(NN4CCCCC4)sc3C1CC[C@@H]1[C@@H]2CC[C@]2(C)C(=O)CC[C@@H]12. The number of nitrogens with one attached hydrogen (secondary N) is 1. The predicted molar refractivity (Wildman–Crippen MR) is 122 cm³/mol. The summed E-state index contributed by atoms with van der Waals surface area (Å²) in [5.41, 5.74) is 5.43. The summed E-state index contributed by atoms with van der Waals surface area (Å²) in [7, 11) is 0. The monoisotopic (exact) mass is 427 g/mol. The number of ketones is 1. The van der Waals surface area contributed by atoms with Crippen LogP contribution in [0.15, 0.2) is 0 Å². The van der Waals surface area contributed by atoms with Gasteiger partial charge in [0.2, 0.25) is 0 Å². The van der Waals surface area contributed by atoms with E-state index in [-0.39, 0.29) is 5.41 Å². The lowest BCUT2D eigenvalue weighted by atomic mass is 9.46. The summed E-state index contributed by atoms with van der Waals surface area (Å²) in [4.78, 5) is 19.3. The summed E-state index contributed by atoms with van der Waals surface area (Å²) in [6, 6.07) is 0. The fraction of sp³-hybridized carbons (Fsp3) is 0.840. The second kappa shape index (κ2) is 7.03. The summed E-state index contributed by atoms with van der Waals surface area (Å²) < 4.78 is 0. The molecule has 1 aromatic heterocycles. The van der Waals surface area contributed by atoms with Crippen molar-refractivity contribution in [2.24, 2.45) is 28.6 Å². The number of nitrogens with zero attached hydrogens (tertiary/aromatic N) is 2. The topological polar surface area (TPSA) is 45.2 Å². The van der Waals surface area contributed by atoms with Crippen molar-refractivity contribution in [3.8, 4) is 0 Å². The first-order valence-electron chi connectivity index (χ1n) is 12.5. The van der Waals surface area contributed by atoms with E-state index in [1.165, 1.54) is 50.6 Å². The van der Waals surface area contributed by atoms with E-state index < -0.39 is 0 Å². The number of carbonyl (C=O) groups is 1. The molecule has 0 radical (unpaired) electrons. The number of thiazole rings is 1. The molecule has 4 aliphatic carbocycles. The molecule has 1 aromatic rings. The molecule has 1 N–H and O–H groups in total. The van der Waals surface area contributed by atoms with Gasteiger partial charge in [-0.1, -0.05) is 20.3 Å². The molecule has 5 heteroatoms. The molecule has 164 valence electrons. The molecule has 1 saturated heterocycles. The van der Waals surface area contributed by atoms with Crippen molar-refractivity contribution in [1.82, 2.24) is 9.99 Å². The second-order valence-electron chi connectivity index (χ2n) is 11.4. The highest BCUT2D eigenvalue weighted by Gasteiger charge is 2.60. The second-order valence-corrected chi connectivity index (χ2v) is 12.5. The quantitative estimate of drug-likeness (QED) is 0.648. The van der Waals surface area contributed by atoms with Gasteiger partial charge in [-0.15, -0.1) is 11.3 Å². The summed E-state index contributed by atoms with van der Waals surface area (Å²) in [5.74, 6) is 3.48. The molecule has 4 nitrogen and oxygen atoms in total. The summed E-state index contributed by atoms with van der Waals surface area (Å²) in [6.45, 7) is 7.20. The number of carbonyl (C=O) groups excluding carboxylic acids is 1. The first-order chi connectivity index (χ1) is 14.5. The summed E-state index contributed by atoms with van der Waals surface area (Å²) >= 11 is 1.95. The molecule has 3 saturated carbocycles. The average Bonchev–Trinajstić information content (AvgIpc) is 3.28. The van der Waals surface area contributed by atoms with Crippen LogP contribution < -0.4 is 5.43 Å². The number of aromatic nitrogens is 1. The highest BCUT2D eigenvalue weighted by atomic mass is 32.1. The Balaban J connectivity index is 1.26. The van der Waals surface area contributed by atoms with Crippen molar-refractivity contribution in [3.63, 3.8) is 0 Å². The lowest BCUT2D eigenvalue weighted by molar-refractivity contribution is -0.134. The number of rotatable bonds is 2. The van der Waals surface area contributed by atoms with Gasteiger partial charge >= 0.3 is 0 Å². The van der Waals surface area contributed by atoms with Gasteiger partial charge < -0.3 is 0 Å². The zero-order valence-electron chi connectivity index (χ0n) is 18.7. The Morgan fingerprint density at radius 3 is 2.67 bits per heavy atom. The number of piperidine rings is 1. The zero-order valence-corrected chi connectivity index (χ0v) is 19.5. The third kappa shape index (κ3) is 2.80. The van der Waals surface area contributed by atoms with Crippen LogP contribution in [0.3, 0.4) is 0 Å². The first-order valence-corrected chi connectivity index (χ1v) is 13.4. The maximum Gasteiger partial charge on any atom is 0.197 e. The molecule has 1 aliphatic heterocycles. The summed E-state index contributed by atoms with van der Waals surface area (Å²) in [6.07, 6.45) is 13.4. The largest absolute Gasteiger partial charge is 0.299 e. The first kappa shape index (κ1) is 19.7. The molecule has 0 amide bonds. The van der Waals surface area contributed by atoms with E-state index in [0.29, 0.717) is 23.0 Å². The van der Waals surface area contributed by atoms with Gasteiger partial charge in [-0.05, 0) is 81.0 Å². The lowest BCUT2D eigenvalue weighted by Gasteiger charge is -2.59. The molecule has 0 bridgehead atoms. The van der Waals surface area contributed by atoms with E-state index in [9.17, 15) is 4.79 Å². The molecule has 2 heterocycles. The number of hydrogen-bond donors (Lipinski definition) is 1. The normalized spacial score (nSPS) is 43.5. The fourth-order valence-electron chi connectivity index (χ4n) is 8.41. The van der Waals surface area contributed by atoms with Gasteiger partial charge in [0, 0.05) is 35.7 Å². The maximum absolute atomic E-state index is 12.7. The number of anilines is 1. The van der Waals surface area contributed by atoms with E-state index in [0.717, 1.165) is 55.7 Å². The molecule has 6 atom stereocenters. The fourth-order valence-corrected chi connectivity index (χ4v) is 9.74. The number of hydrogen-bond acceptors (Lipinski definition) is 5. The minimum Gasteiger partial charge on any atom is -0.299 e. The van der Waals surface area contributed by atoms with Crippen LogP contribution in [0.5, 0.6) is 0 Å². The third-order valence-corrected chi connectivity index (χ3v) is 11.2. The van der Waals surface area contributed by atoms with Crippen LogP contribution in [0.1, 0.15) is 94.5 Å². The Labute approximate surface area is 185 Å². The van der Waals surface area contributed by atoms with E-state index in [1.54, 1.807) is 4.88 Å². The van der Waals surface area contributed by atoms with Crippen molar-refractivity contribution in [1.29, 1.82) is 0 Å². The van der Waals surface area contributed by atoms with Gasteiger partial charge in [-0.25, -0.2) is 9.99 Å². The van der Waals surface area contributed by atoms with Crippen LogP contribution in [-0.4, -0.2) is 28.9 Å². The Morgan fingerprint density at radius 2 is 1.83 bits per heavy atom. The molecule has 4 fully saturated rings. The van der Waals surface area contributed by atoms with Crippen LogP contribution in [0, 0.1) is 28.6 Å². The molecule has 30 heavy (non-hydrogen) atoms. The van der Waals surface area contributed by atoms with E-state index in [4.69, 9.17) is 4.98 Å². The number of Topliss-reactive ketones (excluding diaryl/α,β-unsaturated/α-hetero) is 1. The Morgan fingerprint density at radius 1 is 1.00 bits per heavy atom. The van der Waals surface area contributed by atoms with Crippen molar-refractivity contribution < 1.29 is 4.79 Å².